The average molecular weight is 269 g/mol. The van der Waals surface area contributed by atoms with E-state index in [0.717, 1.165) is 16.5 Å². The number of aryl methyl sites for hydroxylation is 1. The molecule has 0 N–H and O–H groups in total. The number of allylic oxidation sites excluding steroid dienone is 1. The molecule has 21 heavy (non-hydrogen) atoms. The molecule has 0 saturated heterocycles. The Balaban J connectivity index is 2.08. The lowest BCUT2D eigenvalue weighted by atomic mass is 10.00. The van der Waals surface area contributed by atoms with Crippen LogP contribution in [-0.2, 0) is 0 Å². The van der Waals surface area contributed by atoms with E-state index in [-0.39, 0.29) is 0 Å². The van der Waals surface area contributed by atoms with Crippen molar-refractivity contribution in [1.82, 2.24) is 0 Å². The van der Waals surface area contributed by atoms with Crippen molar-refractivity contribution in [2.24, 2.45) is 0 Å². The van der Waals surface area contributed by atoms with Crippen molar-refractivity contribution in [2.75, 3.05) is 0 Å². The van der Waals surface area contributed by atoms with Crippen LogP contribution in [0.3, 0.4) is 0 Å². The van der Waals surface area contributed by atoms with Crippen LogP contribution in [0.25, 0.3) is 22.4 Å². The van der Waals surface area contributed by atoms with Gasteiger partial charge in [0.1, 0.15) is 0 Å². The van der Waals surface area contributed by atoms with E-state index < -0.39 is 0 Å². The maximum Gasteiger partial charge on any atom is 0.0998 e. The molecule has 3 rings (SSSR count). The summed E-state index contributed by atoms with van der Waals surface area (Å²) in [4.78, 5) is 0. The summed E-state index contributed by atoms with van der Waals surface area (Å²) in [6.45, 7) is 2.05. The van der Waals surface area contributed by atoms with E-state index in [1.807, 2.05) is 36.4 Å². The molecule has 0 aliphatic carbocycles. The number of nitriles is 1. The summed E-state index contributed by atoms with van der Waals surface area (Å²) < 4.78 is 0. The molecule has 0 aromatic heterocycles. The van der Waals surface area contributed by atoms with Gasteiger partial charge in [-0.25, -0.2) is 0 Å². The summed E-state index contributed by atoms with van der Waals surface area (Å²) in [5.41, 5.74) is 3.89. The third-order valence-corrected chi connectivity index (χ3v) is 3.53. The lowest BCUT2D eigenvalue weighted by Gasteiger charge is -2.03. The molecule has 0 saturated carbocycles. The Kier molecular flexibility index (Phi) is 3.53. The van der Waals surface area contributed by atoms with Crippen molar-refractivity contribution >= 4 is 22.4 Å². The Morgan fingerprint density at radius 2 is 1.71 bits per heavy atom. The van der Waals surface area contributed by atoms with E-state index in [2.05, 4.69) is 49.4 Å². The minimum Gasteiger partial charge on any atom is -0.192 e. The number of benzene rings is 3. The lowest BCUT2D eigenvalue weighted by molar-refractivity contribution is 1.46. The van der Waals surface area contributed by atoms with Crippen molar-refractivity contribution in [3.05, 3.63) is 83.4 Å². The van der Waals surface area contributed by atoms with Crippen molar-refractivity contribution in [3.63, 3.8) is 0 Å². The van der Waals surface area contributed by atoms with Gasteiger partial charge >= 0.3 is 0 Å². The number of nitrogens with zero attached hydrogens (tertiary/aromatic N) is 1. The highest BCUT2D eigenvalue weighted by molar-refractivity contribution is 5.94. The van der Waals surface area contributed by atoms with Crippen LogP contribution in [0.1, 0.15) is 16.7 Å². The van der Waals surface area contributed by atoms with Gasteiger partial charge in [0.15, 0.2) is 0 Å². The van der Waals surface area contributed by atoms with Crippen molar-refractivity contribution in [3.8, 4) is 6.07 Å². The smallest absolute Gasteiger partial charge is 0.0998 e. The first-order valence-electron chi connectivity index (χ1n) is 6.94. The molecule has 0 amide bonds. The second kappa shape index (κ2) is 5.64. The van der Waals surface area contributed by atoms with Gasteiger partial charge in [-0.3, -0.25) is 0 Å². The number of rotatable bonds is 2. The van der Waals surface area contributed by atoms with Crippen molar-refractivity contribution in [2.45, 2.75) is 6.92 Å². The zero-order valence-corrected chi connectivity index (χ0v) is 11.9. The van der Waals surface area contributed by atoms with Crippen LogP contribution < -0.4 is 0 Å². The van der Waals surface area contributed by atoms with Crippen LogP contribution in [0, 0.1) is 18.3 Å². The first-order valence-corrected chi connectivity index (χ1v) is 6.94. The van der Waals surface area contributed by atoms with Gasteiger partial charge in [-0.15, -0.1) is 0 Å². The van der Waals surface area contributed by atoms with Crippen LogP contribution in [0.15, 0.2) is 66.7 Å². The number of hydrogen-bond acceptors (Lipinski definition) is 1. The molecule has 1 heteroatoms. The maximum atomic E-state index is 9.46. The fourth-order valence-corrected chi connectivity index (χ4v) is 2.46. The van der Waals surface area contributed by atoms with E-state index in [0.29, 0.717) is 5.57 Å². The van der Waals surface area contributed by atoms with Crippen LogP contribution in [0.4, 0.5) is 0 Å². The van der Waals surface area contributed by atoms with E-state index in [4.69, 9.17) is 0 Å². The normalized spacial score (nSPS) is 11.3. The second-order valence-corrected chi connectivity index (χ2v) is 5.15. The Morgan fingerprint density at radius 3 is 2.48 bits per heavy atom. The van der Waals surface area contributed by atoms with Gasteiger partial charge in [0.2, 0.25) is 0 Å². The summed E-state index contributed by atoms with van der Waals surface area (Å²) in [5.74, 6) is 0. The Bertz CT molecular complexity index is 866. The molecule has 0 aliphatic rings. The largest absolute Gasteiger partial charge is 0.192 e. The molecule has 0 unspecified atom stereocenters. The summed E-state index contributed by atoms with van der Waals surface area (Å²) in [5, 5.41) is 11.8. The Morgan fingerprint density at radius 1 is 0.905 bits per heavy atom. The summed E-state index contributed by atoms with van der Waals surface area (Å²) in [6.07, 6.45) is 1.94. The molecular weight excluding hydrogens is 254 g/mol. The summed E-state index contributed by atoms with van der Waals surface area (Å²) in [7, 11) is 0. The Hall–Kier alpha value is -2.85. The minimum absolute atomic E-state index is 0.686. The quantitative estimate of drug-likeness (QED) is 0.462. The van der Waals surface area contributed by atoms with Gasteiger partial charge in [0.25, 0.3) is 0 Å². The van der Waals surface area contributed by atoms with Crippen LogP contribution in [-0.4, -0.2) is 0 Å². The zero-order chi connectivity index (χ0) is 14.7. The SMILES string of the molecule is Cc1cccc(C=C(C#N)c2ccc3ccccc3c2)c1. The highest BCUT2D eigenvalue weighted by Crippen LogP contribution is 2.23. The van der Waals surface area contributed by atoms with E-state index in [9.17, 15) is 5.26 Å². The van der Waals surface area contributed by atoms with E-state index in [1.165, 1.54) is 10.9 Å². The Labute approximate surface area is 124 Å². The summed E-state index contributed by atoms with van der Waals surface area (Å²) >= 11 is 0. The molecule has 3 aromatic carbocycles. The number of hydrogen-bond donors (Lipinski definition) is 0. The standard InChI is InChI=1S/C20H15N/c1-15-5-4-6-16(11-15)12-20(14-21)19-10-9-17-7-2-3-8-18(17)13-19/h2-13H,1H3. The average Bonchev–Trinajstić information content (AvgIpc) is 2.52. The second-order valence-electron chi connectivity index (χ2n) is 5.15. The maximum absolute atomic E-state index is 9.46. The van der Waals surface area contributed by atoms with Crippen molar-refractivity contribution in [1.29, 1.82) is 5.26 Å². The number of fused-ring (bicyclic) bond motifs is 1. The molecular formula is C20H15N. The van der Waals surface area contributed by atoms with Gasteiger partial charge in [-0.1, -0.05) is 66.2 Å². The molecule has 0 fully saturated rings. The lowest BCUT2D eigenvalue weighted by Crippen LogP contribution is -1.83. The fourth-order valence-electron chi connectivity index (χ4n) is 2.46. The molecule has 100 valence electrons. The van der Waals surface area contributed by atoms with Gasteiger partial charge in [-0.05, 0) is 41.0 Å². The molecule has 0 aliphatic heterocycles. The monoisotopic (exact) mass is 269 g/mol. The molecule has 3 aromatic rings. The first kappa shape index (κ1) is 13.1. The minimum atomic E-state index is 0.686. The molecule has 0 bridgehead atoms. The molecule has 0 heterocycles. The van der Waals surface area contributed by atoms with Gasteiger partial charge in [0.05, 0.1) is 11.6 Å². The van der Waals surface area contributed by atoms with Crippen LogP contribution in [0.5, 0.6) is 0 Å². The summed E-state index contributed by atoms with van der Waals surface area (Å²) in [6, 6.07) is 24.8. The van der Waals surface area contributed by atoms with Crippen molar-refractivity contribution < 1.29 is 0 Å². The fraction of sp³-hybridized carbons (Fsp3) is 0.0500. The molecule has 1 nitrogen and oxygen atoms in total. The van der Waals surface area contributed by atoms with Gasteiger partial charge < -0.3 is 0 Å². The molecule has 0 spiro atoms. The highest BCUT2D eigenvalue weighted by Gasteiger charge is 2.02. The van der Waals surface area contributed by atoms with E-state index in [1.54, 1.807) is 0 Å². The third kappa shape index (κ3) is 2.85. The predicted molar refractivity (Wildman–Crippen MR) is 88.6 cm³/mol. The van der Waals surface area contributed by atoms with Crippen LogP contribution in [0.2, 0.25) is 0 Å². The topological polar surface area (TPSA) is 23.8 Å². The first-order chi connectivity index (χ1) is 10.3. The van der Waals surface area contributed by atoms with E-state index >= 15 is 0 Å². The van der Waals surface area contributed by atoms with Gasteiger partial charge in [-0.2, -0.15) is 5.26 Å². The molecule has 0 radical (unpaired) electrons. The zero-order valence-electron chi connectivity index (χ0n) is 11.9. The highest BCUT2D eigenvalue weighted by atomic mass is 14.2. The van der Waals surface area contributed by atoms with Gasteiger partial charge in [0, 0.05) is 0 Å². The predicted octanol–water partition coefficient (Wildman–Crippen LogP) is 5.21. The third-order valence-electron chi connectivity index (χ3n) is 3.53. The molecule has 0 atom stereocenters. The van der Waals surface area contributed by atoms with Crippen LogP contribution >= 0.6 is 0 Å².